The van der Waals surface area contributed by atoms with Crippen LogP contribution in [-0.2, 0) is 4.79 Å². The van der Waals surface area contributed by atoms with Crippen molar-refractivity contribution < 1.29 is 13.9 Å². The summed E-state index contributed by atoms with van der Waals surface area (Å²) in [6, 6.07) is 9.79. The zero-order chi connectivity index (χ0) is 24.1. The van der Waals surface area contributed by atoms with Crippen LogP contribution in [0.3, 0.4) is 0 Å². The van der Waals surface area contributed by atoms with Gasteiger partial charge in [-0.15, -0.1) is 0 Å². The number of piperidine rings is 1. The van der Waals surface area contributed by atoms with Crippen LogP contribution < -0.4 is 15.8 Å². The molecule has 3 heterocycles. The van der Waals surface area contributed by atoms with E-state index in [1.807, 2.05) is 6.07 Å². The van der Waals surface area contributed by atoms with Crippen LogP contribution in [0.2, 0.25) is 0 Å². The molecule has 0 spiro atoms. The van der Waals surface area contributed by atoms with Crippen molar-refractivity contribution in [3.63, 3.8) is 0 Å². The number of nitrogen functional groups attached to an aromatic ring is 1. The van der Waals surface area contributed by atoms with Crippen molar-refractivity contribution in [1.29, 1.82) is 5.41 Å². The largest absolute Gasteiger partial charge is 0.436 e. The Kier molecular flexibility index (Phi) is 6.77. The molecule has 34 heavy (non-hydrogen) atoms. The number of hydrogen-bond donors (Lipinski definition) is 3. The number of likely N-dealkylation sites (tertiary alicyclic amines) is 1. The Morgan fingerprint density at radius 3 is 2.82 bits per heavy atom. The van der Waals surface area contributed by atoms with Crippen molar-refractivity contribution in [1.82, 2.24) is 19.9 Å². The van der Waals surface area contributed by atoms with E-state index in [1.54, 1.807) is 29.2 Å². The molecule has 1 fully saturated rings. The van der Waals surface area contributed by atoms with Crippen molar-refractivity contribution in [2.24, 2.45) is 0 Å². The number of para-hydroxylation sites is 1. The first-order chi connectivity index (χ1) is 16.5. The molecule has 174 valence electrons. The fourth-order valence-corrected chi connectivity index (χ4v) is 3.75. The van der Waals surface area contributed by atoms with Crippen molar-refractivity contribution >= 4 is 23.3 Å². The third kappa shape index (κ3) is 5.01. The first-order valence-corrected chi connectivity index (χ1v) is 10.7. The van der Waals surface area contributed by atoms with Crippen molar-refractivity contribution in [2.75, 3.05) is 24.1 Å². The molecule has 4 rings (SSSR count). The zero-order valence-electron chi connectivity index (χ0n) is 18.4. The molecule has 9 nitrogen and oxygen atoms in total. The SMILES string of the molecule is C=CC(=O)N1CCC[C@@H](Nc2ncnc(N)c2C(=N)c2cnc(Oc3ccccc3)c(F)c2)C1. The van der Waals surface area contributed by atoms with Gasteiger partial charge in [0.05, 0.1) is 11.3 Å². The summed E-state index contributed by atoms with van der Waals surface area (Å²) in [6.07, 6.45) is 5.53. The predicted molar refractivity (Wildman–Crippen MR) is 127 cm³/mol. The van der Waals surface area contributed by atoms with Crippen LogP contribution in [0.5, 0.6) is 11.6 Å². The third-order valence-electron chi connectivity index (χ3n) is 5.43. The van der Waals surface area contributed by atoms with E-state index in [0.717, 1.165) is 18.9 Å². The van der Waals surface area contributed by atoms with Gasteiger partial charge < -0.3 is 20.7 Å². The van der Waals surface area contributed by atoms with Crippen LogP contribution in [0.4, 0.5) is 16.0 Å². The van der Waals surface area contributed by atoms with Crippen LogP contribution in [0.15, 0.2) is 61.6 Å². The lowest BCUT2D eigenvalue weighted by Crippen LogP contribution is -2.44. The van der Waals surface area contributed by atoms with Crippen LogP contribution in [0, 0.1) is 11.2 Å². The highest BCUT2D eigenvalue weighted by atomic mass is 19.1. The minimum Gasteiger partial charge on any atom is -0.436 e. The minimum absolute atomic E-state index is 0.0716. The molecule has 1 amide bonds. The van der Waals surface area contributed by atoms with Gasteiger partial charge in [-0.2, -0.15) is 0 Å². The summed E-state index contributed by atoms with van der Waals surface area (Å²) in [6.45, 7) is 4.66. The third-order valence-corrected chi connectivity index (χ3v) is 5.43. The highest BCUT2D eigenvalue weighted by Gasteiger charge is 2.25. The van der Waals surface area contributed by atoms with Crippen molar-refractivity contribution in [2.45, 2.75) is 18.9 Å². The van der Waals surface area contributed by atoms with E-state index < -0.39 is 5.82 Å². The van der Waals surface area contributed by atoms with Crippen LogP contribution in [-0.4, -0.2) is 50.6 Å². The number of nitrogens with one attached hydrogen (secondary N) is 2. The van der Waals surface area contributed by atoms with E-state index in [2.05, 4.69) is 26.8 Å². The summed E-state index contributed by atoms with van der Waals surface area (Å²) in [4.78, 5) is 26.0. The molecule has 0 unspecified atom stereocenters. The first kappa shape index (κ1) is 22.8. The molecule has 1 aliphatic heterocycles. The molecule has 1 aliphatic rings. The summed E-state index contributed by atoms with van der Waals surface area (Å²) >= 11 is 0. The molecule has 1 aromatic carbocycles. The van der Waals surface area contributed by atoms with Gasteiger partial charge in [0, 0.05) is 30.9 Å². The number of amides is 1. The van der Waals surface area contributed by atoms with Gasteiger partial charge in [-0.25, -0.2) is 19.3 Å². The van der Waals surface area contributed by atoms with Gasteiger partial charge in [0.25, 0.3) is 5.88 Å². The molecule has 2 aromatic heterocycles. The van der Waals surface area contributed by atoms with Gasteiger partial charge in [0.2, 0.25) is 5.91 Å². The quantitative estimate of drug-likeness (QED) is 0.363. The van der Waals surface area contributed by atoms with E-state index in [-0.39, 0.29) is 40.5 Å². The molecule has 1 atom stereocenters. The number of benzene rings is 1. The Morgan fingerprint density at radius 1 is 1.29 bits per heavy atom. The lowest BCUT2D eigenvalue weighted by Gasteiger charge is -2.33. The summed E-state index contributed by atoms with van der Waals surface area (Å²) < 4.78 is 20.2. The number of nitrogens with two attached hydrogens (primary N) is 1. The summed E-state index contributed by atoms with van der Waals surface area (Å²) in [5, 5.41) is 11.9. The molecule has 1 saturated heterocycles. The Bertz CT molecular complexity index is 1220. The maximum atomic E-state index is 14.7. The van der Waals surface area contributed by atoms with Crippen LogP contribution >= 0.6 is 0 Å². The number of halogens is 1. The van der Waals surface area contributed by atoms with Crippen LogP contribution in [0.1, 0.15) is 24.0 Å². The smallest absolute Gasteiger partial charge is 0.255 e. The number of nitrogens with zero attached hydrogens (tertiary/aromatic N) is 4. The second kappa shape index (κ2) is 10.1. The monoisotopic (exact) mass is 461 g/mol. The summed E-state index contributed by atoms with van der Waals surface area (Å²) in [7, 11) is 0. The Morgan fingerprint density at radius 2 is 2.09 bits per heavy atom. The van der Waals surface area contributed by atoms with Gasteiger partial charge in [-0.3, -0.25) is 10.2 Å². The molecule has 4 N–H and O–H groups in total. The summed E-state index contributed by atoms with van der Waals surface area (Å²) in [5.41, 5.74) is 6.41. The second-order valence-corrected chi connectivity index (χ2v) is 7.76. The molecule has 0 aliphatic carbocycles. The molecule has 3 aromatic rings. The molecule has 10 heteroatoms. The predicted octanol–water partition coefficient (Wildman–Crippen LogP) is 3.39. The normalized spacial score (nSPS) is 15.4. The number of rotatable bonds is 7. The van der Waals surface area contributed by atoms with Gasteiger partial charge in [-0.05, 0) is 37.1 Å². The van der Waals surface area contributed by atoms with E-state index in [9.17, 15) is 9.18 Å². The van der Waals surface area contributed by atoms with Crippen molar-refractivity contribution in [3.05, 3.63) is 78.5 Å². The molecular weight excluding hydrogens is 437 g/mol. The topological polar surface area (TPSA) is 130 Å². The highest BCUT2D eigenvalue weighted by Crippen LogP contribution is 2.27. The molecule has 0 saturated carbocycles. The maximum Gasteiger partial charge on any atom is 0.255 e. The second-order valence-electron chi connectivity index (χ2n) is 7.76. The number of ether oxygens (including phenoxy) is 1. The average molecular weight is 462 g/mol. The summed E-state index contributed by atoms with van der Waals surface area (Å²) in [5.74, 6) is -0.210. The number of anilines is 2. The average Bonchev–Trinajstić information content (AvgIpc) is 2.85. The number of aromatic nitrogens is 3. The standard InChI is InChI=1S/C24H24FN7O2/c1-2-19(33)32-10-6-7-16(13-32)31-23-20(22(27)29-14-30-23)21(26)15-11-18(25)24(28-12-15)34-17-8-4-3-5-9-17/h2-5,8-9,11-12,14,16,26H,1,6-7,10,13H2,(H3,27,29,30,31)/t16-/m1/s1. The number of carbonyl (C=O) groups excluding carboxylic acids is 1. The lowest BCUT2D eigenvalue weighted by molar-refractivity contribution is -0.127. The first-order valence-electron chi connectivity index (χ1n) is 10.7. The van der Waals surface area contributed by atoms with Crippen LogP contribution in [0.25, 0.3) is 0 Å². The Hall–Kier alpha value is -4.34. The maximum absolute atomic E-state index is 14.7. The minimum atomic E-state index is -0.720. The number of pyridine rings is 1. The lowest BCUT2D eigenvalue weighted by atomic mass is 10.0. The molecule has 0 bridgehead atoms. The van der Waals surface area contributed by atoms with E-state index in [0.29, 0.717) is 24.7 Å². The van der Waals surface area contributed by atoms with Gasteiger partial charge in [0.1, 0.15) is 23.7 Å². The van der Waals surface area contributed by atoms with Gasteiger partial charge in [-0.1, -0.05) is 24.8 Å². The molecule has 0 radical (unpaired) electrons. The number of hydrogen-bond acceptors (Lipinski definition) is 8. The Labute approximate surface area is 196 Å². The fourth-order valence-electron chi connectivity index (χ4n) is 3.75. The fraction of sp³-hybridized carbons (Fsp3) is 0.208. The van der Waals surface area contributed by atoms with Gasteiger partial charge >= 0.3 is 0 Å². The van der Waals surface area contributed by atoms with E-state index in [4.69, 9.17) is 15.9 Å². The number of carbonyl (C=O) groups is 1. The van der Waals surface area contributed by atoms with Gasteiger partial charge in [0.15, 0.2) is 5.82 Å². The zero-order valence-corrected chi connectivity index (χ0v) is 18.4. The van der Waals surface area contributed by atoms with E-state index >= 15 is 0 Å². The molecular formula is C24H24FN7O2. The van der Waals surface area contributed by atoms with E-state index in [1.165, 1.54) is 18.6 Å². The van der Waals surface area contributed by atoms with Crippen molar-refractivity contribution in [3.8, 4) is 11.6 Å². The highest BCUT2D eigenvalue weighted by molar-refractivity contribution is 6.16. The Balaban J connectivity index is 1.56.